The van der Waals surface area contributed by atoms with Gasteiger partial charge in [-0.05, 0) is 24.3 Å². The minimum absolute atomic E-state index is 0.110. The number of amides is 1. The van der Waals surface area contributed by atoms with Gasteiger partial charge in [0.05, 0.1) is 6.61 Å². The first-order valence-electron chi connectivity index (χ1n) is 8.44. The number of rotatable bonds is 5. The Morgan fingerprint density at radius 2 is 2.00 bits per heavy atom. The normalized spacial score (nSPS) is 22.4. The molecule has 2 fully saturated rings. The highest BCUT2D eigenvalue weighted by molar-refractivity contribution is 6.30. The molecule has 0 radical (unpaired) electrons. The van der Waals surface area contributed by atoms with Gasteiger partial charge in [-0.25, -0.2) is 0 Å². The molecular formula is C17H24ClN3O3. The fourth-order valence-corrected chi connectivity index (χ4v) is 3.07. The lowest BCUT2D eigenvalue weighted by Crippen LogP contribution is -2.55. The van der Waals surface area contributed by atoms with Crippen molar-refractivity contribution in [3.63, 3.8) is 0 Å². The van der Waals surface area contributed by atoms with Gasteiger partial charge in [-0.2, -0.15) is 0 Å². The summed E-state index contributed by atoms with van der Waals surface area (Å²) in [5.74, 6) is 0.939. The van der Waals surface area contributed by atoms with E-state index in [0.717, 1.165) is 45.0 Å². The number of piperazine rings is 1. The monoisotopic (exact) mass is 353 g/mol. The average molecular weight is 354 g/mol. The van der Waals surface area contributed by atoms with Gasteiger partial charge >= 0.3 is 0 Å². The fourth-order valence-electron chi connectivity index (χ4n) is 2.94. The van der Waals surface area contributed by atoms with E-state index in [4.69, 9.17) is 21.1 Å². The van der Waals surface area contributed by atoms with Crippen LogP contribution in [0, 0.1) is 0 Å². The van der Waals surface area contributed by atoms with Crippen molar-refractivity contribution in [3.05, 3.63) is 29.3 Å². The van der Waals surface area contributed by atoms with Crippen molar-refractivity contribution in [2.24, 2.45) is 0 Å². The summed E-state index contributed by atoms with van der Waals surface area (Å²) in [6.45, 7) is 6.78. The molecule has 3 rings (SSSR count). The summed E-state index contributed by atoms with van der Waals surface area (Å²) in [7, 11) is 0. The van der Waals surface area contributed by atoms with Crippen LogP contribution in [-0.2, 0) is 9.53 Å². The summed E-state index contributed by atoms with van der Waals surface area (Å²) < 4.78 is 11.3. The number of ether oxygens (including phenoxy) is 2. The van der Waals surface area contributed by atoms with E-state index >= 15 is 0 Å². The van der Waals surface area contributed by atoms with Crippen LogP contribution in [0.5, 0.6) is 5.75 Å². The number of carbonyl (C=O) groups is 1. The average Bonchev–Trinajstić information content (AvgIpc) is 2.64. The summed E-state index contributed by atoms with van der Waals surface area (Å²) in [5.41, 5.74) is 0. The Labute approximate surface area is 147 Å². The molecule has 6 nitrogen and oxygen atoms in total. The third-order valence-electron chi connectivity index (χ3n) is 4.38. The van der Waals surface area contributed by atoms with Crippen molar-refractivity contribution in [2.75, 3.05) is 59.0 Å². The summed E-state index contributed by atoms with van der Waals surface area (Å²) in [6, 6.07) is 7.39. The Morgan fingerprint density at radius 1 is 1.25 bits per heavy atom. The maximum atomic E-state index is 12.4. The number of morpholine rings is 1. The van der Waals surface area contributed by atoms with Crippen LogP contribution in [0.3, 0.4) is 0 Å². The van der Waals surface area contributed by atoms with Gasteiger partial charge in [-0.1, -0.05) is 11.6 Å². The van der Waals surface area contributed by atoms with Crippen molar-refractivity contribution in [1.29, 1.82) is 0 Å². The van der Waals surface area contributed by atoms with Gasteiger partial charge in [0.25, 0.3) is 5.91 Å². The van der Waals surface area contributed by atoms with Crippen LogP contribution in [0.15, 0.2) is 24.3 Å². The highest BCUT2D eigenvalue weighted by Crippen LogP contribution is 2.15. The molecule has 0 bridgehead atoms. The predicted octanol–water partition coefficient (Wildman–Crippen LogP) is 0.851. The minimum atomic E-state index is -0.321. The summed E-state index contributed by atoms with van der Waals surface area (Å²) >= 11 is 5.85. The molecule has 0 saturated carbocycles. The van der Waals surface area contributed by atoms with E-state index in [9.17, 15) is 4.79 Å². The Kier molecular flexibility index (Phi) is 6.31. The minimum Gasteiger partial charge on any atom is -0.492 e. The zero-order valence-electron chi connectivity index (χ0n) is 13.7. The second kappa shape index (κ2) is 8.67. The number of nitrogens with zero attached hydrogens (tertiary/aromatic N) is 2. The largest absolute Gasteiger partial charge is 0.492 e. The Balaban J connectivity index is 1.35. The molecule has 1 unspecified atom stereocenters. The number of hydrogen-bond acceptors (Lipinski definition) is 5. The SMILES string of the molecule is O=C(C1CNCCO1)N1CCN(CCOc2ccc(Cl)cc2)CC1. The summed E-state index contributed by atoms with van der Waals surface area (Å²) in [4.78, 5) is 16.6. The van der Waals surface area contributed by atoms with Crippen LogP contribution < -0.4 is 10.1 Å². The van der Waals surface area contributed by atoms with Crippen LogP contribution in [0.1, 0.15) is 0 Å². The number of nitrogens with one attached hydrogen (secondary N) is 1. The smallest absolute Gasteiger partial charge is 0.253 e. The van der Waals surface area contributed by atoms with Crippen LogP contribution in [-0.4, -0.2) is 80.8 Å². The number of hydrogen-bond donors (Lipinski definition) is 1. The van der Waals surface area contributed by atoms with Crippen molar-refractivity contribution >= 4 is 17.5 Å². The van der Waals surface area contributed by atoms with Crippen molar-refractivity contribution in [3.8, 4) is 5.75 Å². The Hall–Kier alpha value is -1.34. The van der Waals surface area contributed by atoms with Gasteiger partial charge in [0.15, 0.2) is 0 Å². The van der Waals surface area contributed by atoms with Crippen LogP contribution in [0.4, 0.5) is 0 Å². The molecule has 0 aliphatic carbocycles. The van der Waals surface area contributed by atoms with E-state index in [-0.39, 0.29) is 12.0 Å². The first-order chi connectivity index (χ1) is 11.7. The van der Waals surface area contributed by atoms with Gasteiger partial charge in [0.1, 0.15) is 18.5 Å². The second-order valence-electron chi connectivity index (χ2n) is 6.03. The van der Waals surface area contributed by atoms with E-state index in [2.05, 4.69) is 10.2 Å². The number of carbonyl (C=O) groups excluding carboxylic acids is 1. The van der Waals surface area contributed by atoms with E-state index in [1.54, 1.807) is 0 Å². The third kappa shape index (κ3) is 4.83. The molecule has 1 amide bonds. The first-order valence-corrected chi connectivity index (χ1v) is 8.82. The Morgan fingerprint density at radius 3 is 2.67 bits per heavy atom. The van der Waals surface area contributed by atoms with Gasteiger partial charge < -0.3 is 19.7 Å². The highest BCUT2D eigenvalue weighted by Gasteiger charge is 2.29. The van der Waals surface area contributed by atoms with Gasteiger partial charge in [-0.15, -0.1) is 0 Å². The number of halogens is 1. The Bertz CT molecular complexity index is 526. The van der Waals surface area contributed by atoms with E-state index < -0.39 is 0 Å². The maximum Gasteiger partial charge on any atom is 0.253 e. The molecule has 2 aliphatic rings. The molecule has 1 aromatic carbocycles. The van der Waals surface area contributed by atoms with Gasteiger partial charge in [-0.3, -0.25) is 9.69 Å². The quantitative estimate of drug-likeness (QED) is 0.850. The molecule has 0 aromatic heterocycles. The molecular weight excluding hydrogens is 330 g/mol. The molecule has 24 heavy (non-hydrogen) atoms. The van der Waals surface area contributed by atoms with Gasteiger partial charge in [0.2, 0.25) is 0 Å². The fraction of sp³-hybridized carbons (Fsp3) is 0.588. The molecule has 7 heteroatoms. The molecule has 1 aromatic rings. The third-order valence-corrected chi connectivity index (χ3v) is 4.63. The van der Waals surface area contributed by atoms with Crippen molar-refractivity contribution in [1.82, 2.24) is 15.1 Å². The molecule has 0 spiro atoms. The van der Waals surface area contributed by atoms with Crippen LogP contribution >= 0.6 is 11.6 Å². The molecule has 1 N–H and O–H groups in total. The zero-order valence-corrected chi connectivity index (χ0v) is 14.5. The lowest BCUT2D eigenvalue weighted by atomic mass is 10.2. The molecule has 132 valence electrons. The molecule has 2 saturated heterocycles. The number of benzene rings is 1. The van der Waals surface area contributed by atoms with Crippen LogP contribution in [0.25, 0.3) is 0 Å². The first kappa shape index (κ1) is 17.5. The molecule has 1 atom stereocenters. The van der Waals surface area contributed by atoms with E-state index in [1.807, 2.05) is 29.2 Å². The topological polar surface area (TPSA) is 54.0 Å². The molecule has 2 aliphatic heterocycles. The van der Waals surface area contributed by atoms with E-state index in [0.29, 0.717) is 24.8 Å². The van der Waals surface area contributed by atoms with Crippen molar-refractivity contribution in [2.45, 2.75) is 6.10 Å². The lowest BCUT2D eigenvalue weighted by Gasteiger charge is -2.37. The maximum absolute atomic E-state index is 12.4. The zero-order chi connectivity index (χ0) is 16.8. The lowest BCUT2D eigenvalue weighted by molar-refractivity contribution is -0.147. The summed E-state index contributed by atoms with van der Waals surface area (Å²) in [5, 5.41) is 3.91. The second-order valence-corrected chi connectivity index (χ2v) is 6.47. The van der Waals surface area contributed by atoms with Crippen molar-refractivity contribution < 1.29 is 14.3 Å². The standard InChI is InChI=1S/C17H24ClN3O3/c18-14-1-3-15(4-2-14)23-12-10-20-6-8-21(9-7-20)17(22)16-13-19-5-11-24-16/h1-4,16,19H,5-13H2. The predicted molar refractivity (Wildman–Crippen MR) is 92.6 cm³/mol. The van der Waals surface area contributed by atoms with Gasteiger partial charge in [0, 0.05) is 50.8 Å². The highest BCUT2D eigenvalue weighted by atomic mass is 35.5. The molecule has 2 heterocycles. The summed E-state index contributed by atoms with van der Waals surface area (Å²) in [6.07, 6.45) is -0.321. The van der Waals surface area contributed by atoms with Crippen LogP contribution in [0.2, 0.25) is 5.02 Å². The van der Waals surface area contributed by atoms with E-state index in [1.165, 1.54) is 0 Å².